The number of nitrogens with two attached hydrogens (primary N) is 1. The molecule has 86 valence electrons. The summed E-state index contributed by atoms with van der Waals surface area (Å²) in [5.41, 5.74) is 7.06. The molecule has 0 spiro atoms. The van der Waals surface area contributed by atoms with Crippen molar-refractivity contribution >= 4 is 27.3 Å². The van der Waals surface area contributed by atoms with Gasteiger partial charge in [-0.05, 0) is 24.7 Å². The monoisotopic (exact) mass is 241 g/mol. The van der Waals surface area contributed by atoms with E-state index in [-0.39, 0.29) is 22.9 Å². The van der Waals surface area contributed by atoms with E-state index in [4.69, 9.17) is 5.73 Å². The Morgan fingerprint density at radius 1 is 1.44 bits per heavy atom. The molecule has 0 bridgehead atoms. The molecule has 6 nitrogen and oxygen atoms in total. The minimum Gasteiger partial charge on any atom is -0.397 e. The lowest BCUT2D eigenvalue weighted by Crippen LogP contribution is -2.19. The lowest BCUT2D eigenvalue weighted by Gasteiger charge is -2.07. The Balaban J connectivity index is 2.59. The average Bonchev–Trinajstić information content (AvgIpc) is 2.59. The number of fused-ring (bicyclic) bond motifs is 1. The first-order valence-electron chi connectivity index (χ1n) is 4.60. The Morgan fingerprint density at radius 2 is 2.12 bits per heavy atom. The van der Waals surface area contributed by atoms with Crippen LogP contribution in [0, 0.1) is 0 Å². The van der Waals surface area contributed by atoms with E-state index < -0.39 is 10.0 Å². The predicted octanol–water partition coefficient (Wildman–Crippen LogP) is -0.329. The van der Waals surface area contributed by atoms with Crippen molar-refractivity contribution in [2.75, 3.05) is 18.1 Å². The van der Waals surface area contributed by atoms with Crippen molar-refractivity contribution in [3.05, 3.63) is 17.7 Å². The third kappa shape index (κ3) is 1.63. The summed E-state index contributed by atoms with van der Waals surface area (Å²) >= 11 is 0. The van der Waals surface area contributed by atoms with Gasteiger partial charge >= 0.3 is 0 Å². The molecule has 0 aromatic heterocycles. The number of carbonyl (C=O) groups is 1. The van der Waals surface area contributed by atoms with Gasteiger partial charge in [0.2, 0.25) is 15.9 Å². The standard InChI is InChI=1S/C9H11N3O3S/c1-11-16(14,15)6-2-5-3-8(13)12-9(5)7(10)4-6/h2,4,11H,3,10H2,1H3,(H,12,13). The molecule has 1 aromatic rings. The van der Waals surface area contributed by atoms with Crippen molar-refractivity contribution in [3.8, 4) is 0 Å². The van der Waals surface area contributed by atoms with Crippen LogP contribution in [-0.4, -0.2) is 21.4 Å². The van der Waals surface area contributed by atoms with Gasteiger partial charge < -0.3 is 11.1 Å². The van der Waals surface area contributed by atoms with Gasteiger partial charge in [-0.1, -0.05) is 0 Å². The van der Waals surface area contributed by atoms with Crippen LogP contribution in [0.2, 0.25) is 0 Å². The molecular weight excluding hydrogens is 230 g/mol. The third-order valence-corrected chi connectivity index (χ3v) is 3.81. The van der Waals surface area contributed by atoms with Crippen molar-refractivity contribution in [1.82, 2.24) is 4.72 Å². The van der Waals surface area contributed by atoms with Crippen LogP contribution < -0.4 is 15.8 Å². The maximum atomic E-state index is 11.6. The molecule has 1 amide bonds. The molecule has 1 aliphatic heterocycles. The van der Waals surface area contributed by atoms with E-state index in [0.717, 1.165) is 0 Å². The van der Waals surface area contributed by atoms with Gasteiger partial charge in [0.05, 0.1) is 22.7 Å². The molecule has 16 heavy (non-hydrogen) atoms. The van der Waals surface area contributed by atoms with Gasteiger partial charge in [0.15, 0.2) is 0 Å². The molecule has 1 heterocycles. The van der Waals surface area contributed by atoms with Crippen LogP contribution in [0.4, 0.5) is 11.4 Å². The fourth-order valence-corrected chi connectivity index (χ4v) is 2.43. The van der Waals surface area contributed by atoms with E-state index in [1.807, 2.05) is 0 Å². The molecule has 1 aliphatic rings. The lowest BCUT2D eigenvalue weighted by atomic mass is 10.1. The van der Waals surface area contributed by atoms with E-state index in [2.05, 4.69) is 10.0 Å². The predicted molar refractivity (Wildman–Crippen MR) is 59.4 cm³/mol. The number of nitrogens with one attached hydrogen (secondary N) is 2. The van der Waals surface area contributed by atoms with Gasteiger partial charge in [0.1, 0.15) is 0 Å². The van der Waals surface area contributed by atoms with Gasteiger partial charge in [0, 0.05) is 0 Å². The molecule has 2 rings (SSSR count). The first kappa shape index (κ1) is 10.9. The Kier molecular flexibility index (Phi) is 2.36. The molecule has 0 atom stereocenters. The van der Waals surface area contributed by atoms with Crippen molar-refractivity contribution in [1.29, 1.82) is 0 Å². The molecule has 0 unspecified atom stereocenters. The zero-order valence-corrected chi connectivity index (χ0v) is 9.39. The number of hydrogen-bond donors (Lipinski definition) is 3. The summed E-state index contributed by atoms with van der Waals surface area (Å²) in [7, 11) is -2.21. The molecule has 4 N–H and O–H groups in total. The number of sulfonamides is 1. The zero-order chi connectivity index (χ0) is 11.9. The van der Waals surface area contributed by atoms with Crippen LogP contribution >= 0.6 is 0 Å². The van der Waals surface area contributed by atoms with Crippen molar-refractivity contribution in [2.24, 2.45) is 0 Å². The highest BCUT2D eigenvalue weighted by Crippen LogP contribution is 2.32. The maximum absolute atomic E-state index is 11.6. The van der Waals surface area contributed by atoms with E-state index in [1.54, 1.807) is 0 Å². The van der Waals surface area contributed by atoms with Gasteiger partial charge in [-0.25, -0.2) is 13.1 Å². The molecule has 7 heteroatoms. The fraction of sp³-hybridized carbons (Fsp3) is 0.222. The molecule has 0 saturated heterocycles. The summed E-state index contributed by atoms with van der Waals surface area (Å²) in [6.07, 6.45) is 0.159. The normalized spacial score (nSPS) is 14.7. The fourth-order valence-electron chi connectivity index (χ4n) is 1.62. The van der Waals surface area contributed by atoms with Crippen LogP contribution in [0.15, 0.2) is 17.0 Å². The minimum atomic E-state index is -3.53. The van der Waals surface area contributed by atoms with Crippen LogP contribution in [0.5, 0.6) is 0 Å². The van der Waals surface area contributed by atoms with Gasteiger partial charge in [-0.2, -0.15) is 0 Å². The van der Waals surface area contributed by atoms with Crippen LogP contribution in [-0.2, 0) is 21.2 Å². The van der Waals surface area contributed by atoms with Gasteiger partial charge in [-0.15, -0.1) is 0 Å². The molecule has 0 aliphatic carbocycles. The Labute approximate surface area is 92.9 Å². The number of carbonyl (C=O) groups excluding carboxylic acids is 1. The Hall–Kier alpha value is -1.60. The molecule has 1 aromatic carbocycles. The van der Waals surface area contributed by atoms with Crippen molar-refractivity contribution in [2.45, 2.75) is 11.3 Å². The highest BCUT2D eigenvalue weighted by molar-refractivity contribution is 7.89. The smallest absolute Gasteiger partial charge is 0.240 e. The summed E-state index contributed by atoms with van der Waals surface area (Å²) in [6, 6.07) is 2.78. The quantitative estimate of drug-likeness (QED) is 0.617. The van der Waals surface area contributed by atoms with E-state index in [9.17, 15) is 13.2 Å². The number of rotatable bonds is 2. The summed E-state index contributed by atoms with van der Waals surface area (Å²) in [5, 5.41) is 2.58. The third-order valence-electron chi connectivity index (χ3n) is 2.42. The number of nitrogen functional groups attached to an aromatic ring is 1. The number of benzene rings is 1. The second kappa shape index (κ2) is 3.46. The number of hydrogen-bond acceptors (Lipinski definition) is 4. The van der Waals surface area contributed by atoms with E-state index in [1.165, 1.54) is 19.2 Å². The first-order valence-corrected chi connectivity index (χ1v) is 6.08. The highest BCUT2D eigenvalue weighted by atomic mass is 32.2. The highest BCUT2D eigenvalue weighted by Gasteiger charge is 2.23. The Morgan fingerprint density at radius 3 is 2.75 bits per heavy atom. The summed E-state index contributed by atoms with van der Waals surface area (Å²) in [5.74, 6) is -0.180. The topological polar surface area (TPSA) is 101 Å². The molecule has 0 fully saturated rings. The molecule has 0 radical (unpaired) electrons. The Bertz CT molecular complexity index is 566. The molecule has 0 saturated carbocycles. The van der Waals surface area contributed by atoms with Gasteiger partial charge in [-0.3, -0.25) is 4.79 Å². The minimum absolute atomic E-state index is 0.0720. The maximum Gasteiger partial charge on any atom is 0.240 e. The number of amides is 1. The van der Waals surface area contributed by atoms with E-state index >= 15 is 0 Å². The largest absolute Gasteiger partial charge is 0.397 e. The summed E-state index contributed by atoms with van der Waals surface area (Å²) in [4.78, 5) is 11.2. The zero-order valence-electron chi connectivity index (χ0n) is 8.57. The second-order valence-electron chi connectivity index (χ2n) is 3.48. The first-order chi connectivity index (χ1) is 7.44. The summed E-state index contributed by atoms with van der Waals surface area (Å²) < 4.78 is 25.3. The van der Waals surface area contributed by atoms with Crippen molar-refractivity contribution in [3.63, 3.8) is 0 Å². The average molecular weight is 241 g/mol. The van der Waals surface area contributed by atoms with Crippen LogP contribution in [0.25, 0.3) is 0 Å². The second-order valence-corrected chi connectivity index (χ2v) is 5.37. The van der Waals surface area contributed by atoms with Crippen LogP contribution in [0.3, 0.4) is 0 Å². The van der Waals surface area contributed by atoms with Crippen molar-refractivity contribution < 1.29 is 13.2 Å². The van der Waals surface area contributed by atoms with Crippen LogP contribution in [0.1, 0.15) is 5.56 Å². The van der Waals surface area contributed by atoms with Gasteiger partial charge in [0.25, 0.3) is 0 Å². The molecular formula is C9H11N3O3S. The SMILES string of the molecule is CNS(=O)(=O)c1cc(N)c2c(c1)CC(=O)N2. The summed E-state index contributed by atoms with van der Waals surface area (Å²) in [6.45, 7) is 0. The van der Waals surface area contributed by atoms with E-state index in [0.29, 0.717) is 11.3 Å². The lowest BCUT2D eigenvalue weighted by molar-refractivity contribution is -0.115. The number of anilines is 2.